The number of carbonyl (C=O) groups is 3. The van der Waals surface area contributed by atoms with E-state index in [4.69, 9.17) is 19.9 Å². The van der Waals surface area contributed by atoms with E-state index in [0.717, 1.165) is 77.0 Å². The van der Waals surface area contributed by atoms with Crippen LogP contribution in [0.2, 0.25) is 0 Å². The first kappa shape index (κ1) is 30.7. The second-order valence-electron chi connectivity index (χ2n) is 8.21. The molecule has 0 spiro atoms. The quantitative estimate of drug-likeness (QED) is 0.0886. The van der Waals surface area contributed by atoms with E-state index >= 15 is 0 Å². The van der Waals surface area contributed by atoms with Gasteiger partial charge in [-0.3, -0.25) is 9.59 Å². The second kappa shape index (κ2) is 22.9. The largest absolute Gasteiger partial charge is 0.462 e. The molecule has 0 fully saturated rings. The zero-order valence-corrected chi connectivity index (χ0v) is 20.6. The van der Waals surface area contributed by atoms with Crippen molar-refractivity contribution in [3.63, 3.8) is 0 Å². The second-order valence-corrected chi connectivity index (χ2v) is 8.21. The Balaban J connectivity index is 3.92. The molecule has 33 heavy (non-hydrogen) atoms. The third-order valence-corrected chi connectivity index (χ3v) is 5.09. The fraction of sp³-hybridized carbons (Fsp3) is 0.731. The lowest BCUT2D eigenvalue weighted by atomic mass is 10.1. The number of primary amides is 1. The topological polar surface area (TPSA) is 105 Å². The highest BCUT2D eigenvalue weighted by Crippen LogP contribution is 2.10. The molecule has 0 aliphatic carbocycles. The van der Waals surface area contributed by atoms with Crippen LogP contribution in [0.25, 0.3) is 0 Å². The van der Waals surface area contributed by atoms with Crippen LogP contribution in [0, 0.1) is 0 Å². The predicted octanol–water partition coefficient (Wildman–Crippen LogP) is 6.15. The minimum Gasteiger partial charge on any atom is -0.462 e. The van der Waals surface area contributed by atoms with E-state index in [2.05, 4.69) is 25.7 Å². The maximum absolute atomic E-state index is 11.9. The third-order valence-electron chi connectivity index (χ3n) is 5.09. The molecule has 190 valence electrons. The van der Waals surface area contributed by atoms with E-state index in [9.17, 15) is 14.4 Å². The van der Waals surface area contributed by atoms with Gasteiger partial charge >= 0.3 is 18.0 Å². The maximum atomic E-state index is 11.9. The standard InChI is InChI=1S/C26H45NO6/c1-3-5-7-9-11-12-14-16-18-20-25(29)32-22-23(33-26(27)30)21-31-24(28)19-17-15-13-10-8-6-4-2/h4-5,7,23H,2-3,6,8-22H2,1H3,(H2,27,30)/b7-5-. The van der Waals surface area contributed by atoms with Crippen LogP contribution in [0.4, 0.5) is 4.79 Å². The van der Waals surface area contributed by atoms with Gasteiger partial charge in [0.1, 0.15) is 13.2 Å². The van der Waals surface area contributed by atoms with E-state index < -0.39 is 12.2 Å². The number of hydrogen-bond donors (Lipinski definition) is 1. The zero-order chi connectivity index (χ0) is 24.6. The Bertz CT molecular complexity index is 561. The highest BCUT2D eigenvalue weighted by atomic mass is 16.6. The van der Waals surface area contributed by atoms with E-state index in [1.54, 1.807) is 0 Å². The molecule has 0 aliphatic rings. The lowest BCUT2D eigenvalue weighted by Gasteiger charge is -2.17. The van der Waals surface area contributed by atoms with Crippen molar-refractivity contribution in [3.8, 4) is 0 Å². The molecule has 0 radical (unpaired) electrons. The SMILES string of the molecule is C=CCCCCCCCC(=O)OCC(COC(=O)CCCCCCC/C=C\CC)OC(N)=O. The van der Waals surface area contributed by atoms with Gasteiger partial charge < -0.3 is 19.9 Å². The molecule has 7 heteroatoms. The van der Waals surface area contributed by atoms with Crippen LogP contribution in [-0.4, -0.2) is 37.3 Å². The predicted molar refractivity (Wildman–Crippen MR) is 131 cm³/mol. The number of unbranched alkanes of at least 4 members (excludes halogenated alkanes) is 10. The Morgan fingerprint density at radius 2 is 1.24 bits per heavy atom. The smallest absolute Gasteiger partial charge is 0.405 e. The van der Waals surface area contributed by atoms with Crippen molar-refractivity contribution in [1.29, 1.82) is 0 Å². The highest BCUT2D eigenvalue weighted by molar-refractivity contribution is 5.70. The lowest BCUT2D eigenvalue weighted by Crippen LogP contribution is -2.32. The molecule has 2 N–H and O–H groups in total. The van der Waals surface area contributed by atoms with Crippen LogP contribution >= 0.6 is 0 Å². The third kappa shape index (κ3) is 22.7. The van der Waals surface area contributed by atoms with Crippen LogP contribution in [-0.2, 0) is 23.8 Å². The van der Waals surface area contributed by atoms with Crippen molar-refractivity contribution in [2.45, 2.75) is 109 Å². The Labute approximate surface area is 200 Å². The fourth-order valence-electron chi connectivity index (χ4n) is 3.23. The zero-order valence-electron chi connectivity index (χ0n) is 20.6. The summed E-state index contributed by atoms with van der Waals surface area (Å²) in [5.41, 5.74) is 5.07. The summed E-state index contributed by atoms with van der Waals surface area (Å²) in [5, 5.41) is 0. The summed E-state index contributed by atoms with van der Waals surface area (Å²) < 4.78 is 15.2. The molecule has 0 bridgehead atoms. The number of rotatable bonds is 22. The molecular weight excluding hydrogens is 422 g/mol. The number of esters is 2. The summed E-state index contributed by atoms with van der Waals surface area (Å²) in [4.78, 5) is 34.9. The lowest BCUT2D eigenvalue weighted by molar-refractivity contribution is -0.152. The number of nitrogens with two attached hydrogens (primary N) is 1. The maximum Gasteiger partial charge on any atom is 0.405 e. The van der Waals surface area contributed by atoms with Gasteiger partial charge in [0.15, 0.2) is 6.10 Å². The van der Waals surface area contributed by atoms with Gasteiger partial charge in [0, 0.05) is 12.8 Å². The van der Waals surface area contributed by atoms with Gasteiger partial charge in [-0.25, -0.2) is 4.79 Å². The average molecular weight is 468 g/mol. The summed E-state index contributed by atoms with van der Waals surface area (Å²) in [6, 6.07) is 0. The van der Waals surface area contributed by atoms with Crippen LogP contribution in [0.3, 0.4) is 0 Å². The van der Waals surface area contributed by atoms with Crippen molar-refractivity contribution in [2.75, 3.05) is 13.2 Å². The molecule has 0 aliphatic heterocycles. The first-order valence-electron chi connectivity index (χ1n) is 12.5. The van der Waals surface area contributed by atoms with Gasteiger partial charge in [0.2, 0.25) is 0 Å². The molecular formula is C26H45NO6. The van der Waals surface area contributed by atoms with Gasteiger partial charge in [-0.15, -0.1) is 6.58 Å². The molecule has 0 aromatic carbocycles. The number of carbonyl (C=O) groups excluding carboxylic acids is 3. The number of allylic oxidation sites excluding steroid dienone is 3. The van der Waals surface area contributed by atoms with Crippen LogP contribution < -0.4 is 5.73 Å². The van der Waals surface area contributed by atoms with Gasteiger partial charge in [-0.1, -0.05) is 63.7 Å². The summed E-state index contributed by atoms with van der Waals surface area (Å²) in [5.74, 6) is -0.725. The van der Waals surface area contributed by atoms with Crippen LogP contribution in [0.1, 0.15) is 103 Å². The van der Waals surface area contributed by atoms with E-state index in [1.807, 2.05) is 6.08 Å². The molecule has 1 unspecified atom stereocenters. The van der Waals surface area contributed by atoms with Crippen molar-refractivity contribution in [1.82, 2.24) is 0 Å². The van der Waals surface area contributed by atoms with E-state index in [-0.39, 0.29) is 25.2 Å². The van der Waals surface area contributed by atoms with Crippen molar-refractivity contribution >= 4 is 18.0 Å². The van der Waals surface area contributed by atoms with Gasteiger partial charge in [-0.2, -0.15) is 0 Å². The Hall–Kier alpha value is -2.31. The molecule has 0 aromatic heterocycles. The monoisotopic (exact) mass is 467 g/mol. The minimum absolute atomic E-state index is 0.178. The van der Waals surface area contributed by atoms with Crippen molar-refractivity contribution in [2.24, 2.45) is 5.73 Å². The minimum atomic E-state index is -1.000. The highest BCUT2D eigenvalue weighted by Gasteiger charge is 2.18. The fourth-order valence-corrected chi connectivity index (χ4v) is 3.23. The molecule has 0 rings (SSSR count). The summed E-state index contributed by atoms with van der Waals surface area (Å²) in [6.07, 6.45) is 18.4. The van der Waals surface area contributed by atoms with Crippen LogP contribution in [0.5, 0.6) is 0 Å². The molecule has 7 nitrogen and oxygen atoms in total. The molecule has 0 saturated heterocycles. The summed E-state index contributed by atoms with van der Waals surface area (Å²) in [7, 11) is 0. The van der Waals surface area contributed by atoms with Gasteiger partial charge in [0.25, 0.3) is 0 Å². The van der Waals surface area contributed by atoms with E-state index in [0.29, 0.717) is 12.8 Å². The number of ether oxygens (including phenoxy) is 3. The van der Waals surface area contributed by atoms with Gasteiger partial charge in [-0.05, 0) is 44.9 Å². The molecule has 1 amide bonds. The van der Waals surface area contributed by atoms with Crippen molar-refractivity contribution in [3.05, 3.63) is 24.8 Å². The Kier molecular flexibility index (Phi) is 21.3. The average Bonchev–Trinajstić information content (AvgIpc) is 2.78. The Morgan fingerprint density at radius 1 is 0.758 bits per heavy atom. The van der Waals surface area contributed by atoms with Crippen molar-refractivity contribution < 1.29 is 28.6 Å². The molecule has 0 saturated carbocycles. The Morgan fingerprint density at radius 3 is 1.73 bits per heavy atom. The number of amides is 1. The molecule has 0 heterocycles. The van der Waals surface area contributed by atoms with E-state index in [1.165, 1.54) is 6.42 Å². The normalized spacial score (nSPS) is 11.8. The summed E-state index contributed by atoms with van der Waals surface area (Å²) >= 11 is 0. The first-order valence-corrected chi connectivity index (χ1v) is 12.5. The molecule has 1 atom stereocenters. The first-order chi connectivity index (χ1) is 16.0. The number of hydrogen-bond acceptors (Lipinski definition) is 6. The summed E-state index contributed by atoms with van der Waals surface area (Å²) in [6.45, 7) is 5.46. The van der Waals surface area contributed by atoms with Gasteiger partial charge in [0.05, 0.1) is 0 Å². The molecule has 0 aromatic rings. The van der Waals surface area contributed by atoms with Crippen LogP contribution in [0.15, 0.2) is 24.8 Å².